The molecule has 156 valence electrons. The van der Waals surface area contributed by atoms with E-state index in [-0.39, 0.29) is 0 Å². The van der Waals surface area contributed by atoms with Gasteiger partial charge in [-0.1, -0.05) is 19.8 Å². The molecule has 1 aliphatic carbocycles. The number of unbranched alkanes of at least 4 members (excludes halogenated alkanes) is 3. The van der Waals surface area contributed by atoms with Crippen molar-refractivity contribution in [1.29, 1.82) is 5.26 Å². The first-order valence-electron chi connectivity index (χ1n) is 10.9. The molecule has 2 saturated heterocycles. The van der Waals surface area contributed by atoms with Gasteiger partial charge in [-0.3, -0.25) is 0 Å². The molecule has 1 spiro atoms. The number of aromatic nitrogens is 2. The summed E-state index contributed by atoms with van der Waals surface area (Å²) in [6.07, 6.45) is 6.80. The number of hydrogen-bond acceptors (Lipinski definition) is 7. The standard InChI is InChI=1S/C22H31N5O2/c1-2-3-9-29-21-25-19-17(16(11-23)10-18(19)20(24)26-21)7-5-4-6-8-27-12-22(13-27)14-28-15-22/h2-10,12-15H2,1H3,(H2,24,25,26). The molecule has 4 rings (SSSR count). The fraction of sp³-hybridized carbons (Fsp3) is 0.682. The highest BCUT2D eigenvalue weighted by atomic mass is 16.5. The van der Waals surface area contributed by atoms with E-state index >= 15 is 0 Å². The molecular formula is C22H31N5O2. The highest BCUT2D eigenvalue weighted by Crippen LogP contribution is 2.39. The van der Waals surface area contributed by atoms with Gasteiger partial charge < -0.3 is 20.1 Å². The monoisotopic (exact) mass is 397 g/mol. The Morgan fingerprint density at radius 3 is 2.72 bits per heavy atom. The number of ether oxygens (including phenoxy) is 2. The molecule has 0 aromatic carbocycles. The molecule has 1 aromatic rings. The van der Waals surface area contributed by atoms with Gasteiger partial charge in [0.1, 0.15) is 5.82 Å². The van der Waals surface area contributed by atoms with E-state index in [1.165, 1.54) is 19.5 Å². The summed E-state index contributed by atoms with van der Waals surface area (Å²) in [7, 11) is 0. The Hall–Kier alpha value is -2.17. The molecule has 0 unspecified atom stereocenters. The van der Waals surface area contributed by atoms with Gasteiger partial charge in [0.05, 0.1) is 31.6 Å². The van der Waals surface area contributed by atoms with E-state index in [1.54, 1.807) is 0 Å². The van der Waals surface area contributed by atoms with Crippen molar-refractivity contribution in [3.63, 3.8) is 0 Å². The molecule has 0 radical (unpaired) electrons. The minimum Gasteiger partial charge on any atom is -0.463 e. The molecule has 29 heavy (non-hydrogen) atoms. The molecule has 1 aromatic heterocycles. The van der Waals surface area contributed by atoms with E-state index in [0.717, 1.165) is 74.3 Å². The zero-order valence-electron chi connectivity index (χ0n) is 17.4. The number of nitrogens with two attached hydrogens (primary N) is 1. The van der Waals surface area contributed by atoms with E-state index < -0.39 is 0 Å². The first-order chi connectivity index (χ1) is 14.1. The summed E-state index contributed by atoms with van der Waals surface area (Å²) in [5, 5.41) is 9.59. The maximum absolute atomic E-state index is 9.59. The zero-order valence-corrected chi connectivity index (χ0v) is 17.4. The number of likely N-dealkylation sites (tertiary alicyclic amines) is 1. The Labute approximate surface area is 172 Å². The second-order valence-corrected chi connectivity index (χ2v) is 8.68. The van der Waals surface area contributed by atoms with E-state index in [9.17, 15) is 5.26 Å². The van der Waals surface area contributed by atoms with Crippen LogP contribution in [0, 0.1) is 16.7 Å². The first kappa shape index (κ1) is 20.1. The molecule has 0 amide bonds. The van der Waals surface area contributed by atoms with Gasteiger partial charge in [0.25, 0.3) is 0 Å². The van der Waals surface area contributed by atoms with Crippen LogP contribution >= 0.6 is 0 Å². The van der Waals surface area contributed by atoms with Crippen LogP contribution in [-0.4, -0.2) is 54.3 Å². The number of hydrogen-bond donors (Lipinski definition) is 1. The number of nitrogens with zero attached hydrogens (tertiary/aromatic N) is 4. The third-order valence-corrected chi connectivity index (χ3v) is 6.22. The predicted octanol–water partition coefficient (Wildman–Crippen LogP) is 2.96. The number of anilines is 1. The minimum atomic E-state index is 0.332. The zero-order chi connectivity index (χ0) is 20.3. The summed E-state index contributed by atoms with van der Waals surface area (Å²) in [6, 6.07) is 2.69. The van der Waals surface area contributed by atoms with Crippen LogP contribution in [0.25, 0.3) is 5.57 Å². The van der Waals surface area contributed by atoms with Gasteiger partial charge >= 0.3 is 6.01 Å². The van der Waals surface area contributed by atoms with Gasteiger partial charge in [-0.15, -0.1) is 0 Å². The molecule has 2 fully saturated rings. The maximum atomic E-state index is 9.59. The molecule has 0 bridgehead atoms. The normalized spacial score (nSPS) is 19.6. The van der Waals surface area contributed by atoms with E-state index in [1.807, 2.05) is 0 Å². The second-order valence-electron chi connectivity index (χ2n) is 8.68. The van der Waals surface area contributed by atoms with Crippen molar-refractivity contribution in [3.05, 3.63) is 16.8 Å². The molecule has 2 aliphatic heterocycles. The maximum Gasteiger partial charge on any atom is 0.318 e. The predicted molar refractivity (Wildman–Crippen MR) is 111 cm³/mol. The molecule has 0 saturated carbocycles. The SMILES string of the molecule is CCCCOc1nc(N)c2c(n1)C(CCCCCN1CC3(COC3)C1)=C(C#N)C2. The van der Waals surface area contributed by atoms with Crippen LogP contribution in [0.15, 0.2) is 5.57 Å². The lowest BCUT2D eigenvalue weighted by atomic mass is 9.78. The van der Waals surface area contributed by atoms with Crippen molar-refractivity contribution < 1.29 is 9.47 Å². The van der Waals surface area contributed by atoms with Gasteiger partial charge in [0.2, 0.25) is 0 Å². The number of allylic oxidation sites excluding steroid dienone is 2. The Bertz CT molecular complexity index is 817. The van der Waals surface area contributed by atoms with Crippen molar-refractivity contribution in [3.8, 4) is 12.1 Å². The molecule has 0 atom stereocenters. The first-order valence-corrected chi connectivity index (χ1v) is 10.9. The summed E-state index contributed by atoms with van der Waals surface area (Å²) in [6.45, 7) is 8.15. The van der Waals surface area contributed by atoms with Crippen LogP contribution in [-0.2, 0) is 11.2 Å². The van der Waals surface area contributed by atoms with Gasteiger partial charge in [-0.25, -0.2) is 0 Å². The Balaban J connectivity index is 1.29. The third-order valence-electron chi connectivity index (χ3n) is 6.22. The lowest BCUT2D eigenvalue weighted by molar-refractivity contribution is -0.188. The van der Waals surface area contributed by atoms with Gasteiger partial charge in [-0.05, 0) is 37.8 Å². The van der Waals surface area contributed by atoms with Gasteiger partial charge in [0.15, 0.2) is 0 Å². The van der Waals surface area contributed by atoms with Crippen molar-refractivity contribution in [2.24, 2.45) is 5.41 Å². The quantitative estimate of drug-likeness (QED) is 0.606. The molecular weight excluding hydrogens is 366 g/mol. The van der Waals surface area contributed by atoms with Crippen LogP contribution in [0.5, 0.6) is 6.01 Å². The largest absolute Gasteiger partial charge is 0.463 e. The van der Waals surface area contributed by atoms with Crippen molar-refractivity contribution >= 4 is 11.4 Å². The summed E-state index contributed by atoms with van der Waals surface area (Å²) in [5.74, 6) is 0.441. The number of fused-ring (bicyclic) bond motifs is 1. The van der Waals surface area contributed by atoms with Crippen molar-refractivity contribution in [1.82, 2.24) is 14.9 Å². The summed E-state index contributed by atoms with van der Waals surface area (Å²) in [4.78, 5) is 11.4. The highest BCUT2D eigenvalue weighted by Gasteiger charge is 2.48. The lowest BCUT2D eigenvalue weighted by Gasteiger charge is -2.55. The molecule has 3 aliphatic rings. The second kappa shape index (κ2) is 8.68. The van der Waals surface area contributed by atoms with Gasteiger partial charge in [0, 0.05) is 36.1 Å². The third kappa shape index (κ3) is 4.24. The fourth-order valence-corrected chi connectivity index (χ4v) is 4.53. The van der Waals surface area contributed by atoms with Crippen molar-refractivity contribution in [2.75, 3.05) is 45.2 Å². The summed E-state index contributed by atoms with van der Waals surface area (Å²) in [5.41, 5.74) is 10.2. The topological polar surface area (TPSA) is 97.3 Å². The Morgan fingerprint density at radius 1 is 1.21 bits per heavy atom. The average Bonchev–Trinajstić information content (AvgIpc) is 3.00. The fourth-order valence-electron chi connectivity index (χ4n) is 4.53. The van der Waals surface area contributed by atoms with Gasteiger partial charge in [-0.2, -0.15) is 15.2 Å². The summed E-state index contributed by atoms with van der Waals surface area (Å²) >= 11 is 0. The lowest BCUT2D eigenvalue weighted by Crippen LogP contribution is -2.65. The number of nitrogen functional groups attached to an aromatic ring is 1. The van der Waals surface area contributed by atoms with Crippen LogP contribution in [0.3, 0.4) is 0 Å². The van der Waals surface area contributed by atoms with Crippen LogP contribution < -0.4 is 10.5 Å². The molecule has 7 nitrogen and oxygen atoms in total. The average molecular weight is 398 g/mol. The molecule has 3 heterocycles. The Kier molecular flexibility index (Phi) is 6.02. The number of nitriles is 1. The highest BCUT2D eigenvalue weighted by molar-refractivity contribution is 5.79. The van der Waals surface area contributed by atoms with Crippen LogP contribution in [0.2, 0.25) is 0 Å². The van der Waals surface area contributed by atoms with Crippen LogP contribution in [0.4, 0.5) is 5.82 Å². The van der Waals surface area contributed by atoms with Crippen molar-refractivity contribution in [2.45, 2.75) is 51.9 Å². The van der Waals surface area contributed by atoms with E-state index in [2.05, 4.69) is 27.9 Å². The number of rotatable bonds is 10. The summed E-state index contributed by atoms with van der Waals surface area (Å²) < 4.78 is 11.0. The molecule has 7 heteroatoms. The molecule has 2 N–H and O–H groups in total. The van der Waals surface area contributed by atoms with E-state index in [0.29, 0.717) is 30.3 Å². The van der Waals surface area contributed by atoms with E-state index in [4.69, 9.17) is 15.2 Å². The van der Waals surface area contributed by atoms with Crippen LogP contribution in [0.1, 0.15) is 56.7 Å². The Morgan fingerprint density at radius 2 is 2.03 bits per heavy atom. The minimum absolute atomic E-state index is 0.332. The smallest absolute Gasteiger partial charge is 0.318 e.